The number of nitriles is 1. The predicted octanol–water partition coefficient (Wildman–Crippen LogP) is -0.226. The summed E-state index contributed by atoms with van der Waals surface area (Å²) in [4.78, 5) is 18.0. The maximum Gasteiger partial charge on any atom is 0.258 e. The number of nitrogens with two attached hydrogens (primary N) is 1. The van der Waals surface area contributed by atoms with Gasteiger partial charge < -0.3 is 10.6 Å². The van der Waals surface area contributed by atoms with Gasteiger partial charge in [0.1, 0.15) is 12.7 Å². The number of nitrogen functional groups attached to an aromatic ring is 1. The molecular formula is C10H13N9. The monoisotopic (exact) mass is 259 g/mol. The van der Waals surface area contributed by atoms with E-state index in [4.69, 9.17) is 11.0 Å². The molecule has 0 saturated heterocycles. The lowest BCUT2D eigenvalue weighted by Gasteiger charge is -2.19. The van der Waals surface area contributed by atoms with Crippen molar-refractivity contribution >= 4 is 11.9 Å². The van der Waals surface area contributed by atoms with Gasteiger partial charge in [0.25, 0.3) is 5.95 Å². The van der Waals surface area contributed by atoms with E-state index in [1.807, 2.05) is 11.8 Å². The standard InChI is InChI=1S/C10H13N9/c1-2-18(5-3-4-11)9-15-8(12)16-10(17-9)19-7-13-6-14-19/h6-7H,2-3,5H2,1H3,(H2,12,15,16,17). The molecular weight excluding hydrogens is 246 g/mol. The SMILES string of the molecule is CCN(CCC#N)c1nc(N)nc(-n2cncn2)n1. The Balaban J connectivity index is 2.33. The molecule has 2 aromatic heterocycles. The van der Waals surface area contributed by atoms with Crippen LogP contribution in [0.1, 0.15) is 13.3 Å². The van der Waals surface area contributed by atoms with Gasteiger partial charge in [-0.15, -0.1) is 0 Å². The molecule has 9 nitrogen and oxygen atoms in total. The minimum Gasteiger partial charge on any atom is -0.368 e. The van der Waals surface area contributed by atoms with E-state index in [1.54, 1.807) is 0 Å². The highest BCUT2D eigenvalue weighted by Gasteiger charge is 2.12. The molecule has 0 fully saturated rings. The second kappa shape index (κ2) is 5.72. The number of hydrogen-bond acceptors (Lipinski definition) is 8. The van der Waals surface area contributed by atoms with Crippen molar-refractivity contribution in [2.75, 3.05) is 23.7 Å². The lowest BCUT2D eigenvalue weighted by molar-refractivity contribution is 0.752. The topological polar surface area (TPSA) is 122 Å². The molecule has 9 heteroatoms. The maximum atomic E-state index is 8.64. The molecule has 0 atom stereocenters. The molecule has 0 aliphatic rings. The molecule has 2 rings (SSSR count). The molecule has 0 spiro atoms. The van der Waals surface area contributed by atoms with E-state index in [1.165, 1.54) is 17.3 Å². The van der Waals surface area contributed by atoms with Crippen LogP contribution in [0.5, 0.6) is 0 Å². The lowest BCUT2D eigenvalue weighted by Crippen LogP contribution is -2.27. The zero-order valence-electron chi connectivity index (χ0n) is 10.4. The van der Waals surface area contributed by atoms with Crippen LogP contribution in [0.2, 0.25) is 0 Å². The highest BCUT2D eigenvalue weighted by Crippen LogP contribution is 2.11. The van der Waals surface area contributed by atoms with E-state index in [9.17, 15) is 0 Å². The average molecular weight is 259 g/mol. The summed E-state index contributed by atoms with van der Waals surface area (Å²) in [5.41, 5.74) is 5.67. The van der Waals surface area contributed by atoms with Crippen LogP contribution in [0, 0.1) is 11.3 Å². The highest BCUT2D eigenvalue weighted by molar-refractivity contribution is 5.37. The van der Waals surface area contributed by atoms with E-state index in [-0.39, 0.29) is 5.95 Å². The van der Waals surface area contributed by atoms with Crippen LogP contribution in [-0.4, -0.2) is 42.8 Å². The fourth-order valence-electron chi connectivity index (χ4n) is 1.51. The normalized spacial score (nSPS) is 10.1. The lowest BCUT2D eigenvalue weighted by atomic mass is 10.4. The number of nitrogens with zero attached hydrogens (tertiary/aromatic N) is 8. The Morgan fingerprint density at radius 1 is 1.42 bits per heavy atom. The molecule has 0 radical (unpaired) electrons. The van der Waals surface area contributed by atoms with E-state index in [0.717, 1.165) is 0 Å². The molecule has 2 heterocycles. The summed E-state index contributed by atoms with van der Waals surface area (Å²) in [6.45, 7) is 3.15. The third-order valence-electron chi connectivity index (χ3n) is 2.41. The van der Waals surface area contributed by atoms with Gasteiger partial charge in [-0.05, 0) is 6.92 Å². The van der Waals surface area contributed by atoms with Crippen LogP contribution in [0.15, 0.2) is 12.7 Å². The van der Waals surface area contributed by atoms with Gasteiger partial charge in [0.05, 0.1) is 12.5 Å². The molecule has 19 heavy (non-hydrogen) atoms. The van der Waals surface area contributed by atoms with Crippen molar-refractivity contribution in [1.82, 2.24) is 29.7 Å². The Morgan fingerprint density at radius 2 is 2.26 bits per heavy atom. The zero-order valence-corrected chi connectivity index (χ0v) is 10.4. The van der Waals surface area contributed by atoms with E-state index >= 15 is 0 Å². The molecule has 0 aromatic carbocycles. The van der Waals surface area contributed by atoms with Crippen LogP contribution in [0.3, 0.4) is 0 Å². The van der Waals surface area contributed by atoms with E-state index in [0.29, 0.717) is 31.4 Å². The van der Waals surface area contributed by atoms with Crippen LogP contribution >= 0.6 is 0 Å². The Hall–Kier alpha value is -2.76. The summed E-state index contributed by atoms with van der Waals surface area (Å²) in [6, 6.07) is 2.09. The highest BCUT2D eigenvalue weighted by atomic mass is 15.4. The summed E-state index contributed by atoms with van der Waals surface area (Å²) in [5, 5.41) is 12.6. The first-order chi connectivity index (χ1) is 9.24. The van der Waals surface area contributed by atoms with Crippen LogP contribution in [-0.2, 0) is 0 Å². The van der Waals surface area contributed by atoms with Gasteiger partial charge in [-0.25, -0.2) is 4.98 Å². The first-order valence-electron chi connectivity index (χ1n) is 5.73. The largest absolute Gasteiger partial charge is 0.368 e. The molecule has 0 aliphatic heterocycles. The predicted molar refractivity (Wildman–Crippen MR) is 67.3 cm³/mol. The van der Waals surface area contributed by atoms with Crippen molar-refractivity contribution in [2.45, 2.75) is 13.3 Å². The molecule has 0 aliphatic carbocycles. The van der Waals surface area contributed by atoms with Crippen molar-refractivity contribution in [3.63, 3.8) is 0 Å². The Kier molecular flexibility index (Phi) is 3.82. The van der Waals surface area contributed by atoms with Gasteiger partial charge in [-0.3, -0.25) is 0 Å². The van der Waals surface area contributed by atoms with Gasteiger partial charge in [-0.1, -0.05) is 0 Å². The molecule has 98 valence electrons. The summed E-state index contributed by atoms with van der Waals surface area (Å²) in [7, 11) is 0. The summed E-state index contributed by atoms with van der Waals surface area (Å²) in [5.74, 6) is 0.831. The Bertz CT molecular complexity index is 571. The van der Waals surface area contributed by atoms with E-state index < -0.39 is 0 Å². The van der Waals surface area contributed by atoms with Gasteiger partial charge in [-0.2, -0.15) is 30.0 Å². The molecule has 0 unspecified atom stereocenters. The van der Waals surface area contributed by atoms with Crippen molar-refractivity contribution in [3.8, 4) is 12.0 Å². The van der Waals surface area contributed by atoms with Crippen LogP contribution in [0.4, 0.5) is 11.9 Å². The Morgan fingerprint density at radius 3 is 2.89 bits per heavy atom. The molecule has 2 N–H and O–H groups in total. The zero-order chi connectivity index (χ0) is 13.7. The molecule has 0 amide bonds. The first kappa shape index (κ1) is 12.7. The number of aromatic nitrogens is 6. The summed E-state index contributed by atoms with van der Waals surface area (Å²) < 4.78 is 1.40. The molecule has 0 bridgehead atoms. The van der Waals surface area contributed by atoms with Crippen molar-refractivity contribution in [3.05, 3.63) is 12.7 Å². The summed E-state index contributed by atoms with van der Waals surface area (Å²) in [6.07, 6.45) is 3.25. The molecule has 2 aromatic rings. The van der Waals surface area contributed by atoms with Crippen LogP contribution in [0.25, 0.3) is 5.95 Å². The number of rotatable bonds is 5. The van der Waals surface area contributed by atoms with Gasteiger partial charge in [0, 0.05) is 13.1 Å². The van der Waals surface area contributed by atoms with Crippen molar-refractivity contribution < 1.29 is 0 Å². The third-order valence-corrected chi connectivity index (χ3v) is 2.41. The minimum atomic E-state index is 0.103. The maximum absolute atomic E-state index is 8.64. The fourth-order valence-corrected chi connectivity index (χ4v) is 1.51. The van der Waals surface area contributed by atoms with Gasteiger partial charge in [0.15, 0.2) is 0 Å². The first-order valence-corrected chi connectivity index (χ1v) is 5.73. The Labute approximate surface area is 109 Å². The third kappa shape index (κ3) is 2.92. The summed E-state index contributed by atoms with van der Waals surface area (Å²) >= 11 is 0. The number of anilines is 2. The quantitative estimate of drug-likeness (QED) is 0.781. The molecule has 0 saturated carbocycles. The second-order valence-corrected chi connectivity index (χ2v) is 3.62. The second-order valence-electron chi connectivity index (χ2n) is 3.62. The van der Waals surface area contributed by atoms with Gasteiger partial charge in [0.2, 0.25) is 11.9 Å². The number of hydrogen-bond donors (Lipinski definition) is 1. The minimum absolute atomic E-state index is 0.103. The van der Waals surface area contributed by atoms with Crippen molar-refractivity contribution in [2.24, 2.45) is 0 Å². The van der Waals surface area contributed by atoms with Crippen LogP contribution < -0.4 is 10.6 Å². The van der Waals surface area contributed by atoms with E-state index in [2.05, 4.69) is 31.1 Å². The fraction of sp³-hybridized carbons (Fsp3) is 0.400. The average Bonchev–Trinajstić information content (AvgIpc) is 2.93. The van der Waals surface area contributed by atoms with Crippen molar-refractivity contribution in [1.29, 1.82) is 5.26 Å². The van der Waals surface area contributed by atoms with Gasteiger partial charge >= 0.3 is 0 Å². The smallest absolute Gasteiger partial charge is 0.258 e.